The third kappa shape index (κ3) is 3.67. The van der Waals surface area contributed by atoms with Crippen LogP contribution in [-0.2, 0) is 6.54 Å². The number of aliphatic hydroxyl groups excluding tert-OH is 1. The maximum atomic E-state index is 11.0. The Morgan fingerprint density at radius 2 is 2.04 bits per heavy atom. The number of nitrogens with zero attached hydrogens (tertiary/aromatic N) is 3. The Bertz CT molecular complexity index is 975. The molecule has 2 aromatic carbocycles. The third-order valence-corrected chi connectivity index (χ3v) is 4.67. The number of non-ortho nitro benzene ring substituents is 1. The highest BCUT2D eigenvalue weighted by Gasteiger charge is 2.12. The van der Waals surface area contributed by atoms with Gasteiger partial charge in [-0.15, -0.1) is 11.3 Å². The van der Waals surface area contributed by atoms with Gasteiger partial charge in [-0.1, -0.05) is 30.3 Å². The molecule has 0 atom stereocenters. The Balaban J connectivity index is 2.14. The maximum absolute atomic E-state index is 11.0. The van der Waals surface area contributed by atoms with Crippen molar-refractivity contribution < 1.29 is 10.0 Å². The van der Waals surface area contributed by atoms with E-state index in [2.05, 4.69) is 0 Å². The Morgan fingerprint density at radius 1 is 1.24 bits per heavy atom. The van der Waals surface area contributed by atoms with E-state index in [9.17, 15) is 15.2 Å². The van der Waals surface area contributed by atoms with Crippen molar-refractivity contribution in [1.82, 2.24) is 4.57 Å². The summed E-state index contributed by atoms with van der Waals surface area (Å²) in [5, 5.41) is 22.4. The molecule has 6 nitrogen and oxygen atoms in total. The summed E-state index contributed by atoms with van der Waals surface area (Å²) in [4.78, 5) is 16.0. The molecule has 0 aliphatic rings. The van der Waals surface area contributed by atoms with E-state index < -0.39 is 4.92 Å². The van der Waals surface area contributed by atoms with E-state index in [0.717, 1.165) is 27.3 Å². The maximum Gasteiger partial charge on any atom is 0.270 e. The number of nitro groups is 1. The normalized spacial score (nSPS) is 11.7. The fourth-order valence-electron chi connectivity index (χ4n) is 2.54. The van der Waals surface area contributed by atoms with E-state index >= 15 is 0 Å². The summed E-state index contributed by atoms with van der Waals surface area (Å²) in [6, 6.07) is 14.3. The van der Waals surface area contributed by atoms with Crippen molar-refractivity contribution in [1.29, 1.82) is 0 Å². The van der Waals surface area contributed by atoms with Crippen LogP contribution in [0.15, 0.2) is 58.9 Å². The topological polar surface area (TPSA) is 80.7 Å². The van der Waals surface area contributed by atoms with Gasteiger partial charge in [-0.2, -0.15) is 0 Å². The molecular formula is C18H17N3O3S. The van der Waals surface area contributed by atoms with Crippen molar-refractivity contribution in [2.45, 2.75) is 13.5 Å². The van der Waals surface area contributed by atoms with Crippen LogP contribution >= 0.6 is 11.3 Å². The molecule has 3 aromatic rings. The lowest BCUT2D eigenvalue weighted by atomic mass is 10.1. The van der Waals surface area contributed by atoms with Gasteiger partial charge >= 0.3 is 0 Å². The van der Waals surface area contributed by atoms with Gasteiger partial charge in [0.05, 0.1) is 22.9 Å². The lowest BCUT2D eigenvalue weighted by molar-refractivity contribution is -0.384. The van der Waals surface area contributed by atoms with Crippen molar-refractivity contribution in [3.8, 4) is 11.3 Å². The van der Waals surface area contributed by atoms with Crippen LogP contribution in [0.4, 0.5) is 11.4 Å². The molecule has 128 valence electrons. The fourth-order valence-corrected chi connectivity index (χ4v) is 3.48. The van der Waals surface area contributed by atoms with E-state index in [4.69, 9.17) is 4.99 Å². The first-order valence-electron chi connectivity index (χ1n) is 7.74. The van der Waals surface area contributed by atoms with Gasteiger partial charge < -0.3 is 9.67 Å². The van der Waals surface area contributed by atoms with Gasteiger partial charge in [0.2, 0.25) is 0 Å². The fraction of sp³-hybridized carbons (Fsp3) is 0.167. The quantitative estimate of drug-likeness (QED) is 0.560. The Labute approximate surface area is 148 Å². The largest absolute Gasteiger partial charge is 0.395 e. The Morgan fingerprint density at radius 3 is 2.76 bits per heavy atom. The first kappa shape index (κ1) is 17.1. The summed E-state index contributed by atoms with van der Waals surface area (Å²) in [7, 11) is 0. The van der Waals surface area contributed by atoms with E-state index in [0.29, 0.717) is 6.54 Å². The van der Waals surface area contributed by atoms with Gasteiger partial charge in [0.25, 0.3) is 5.69 Å². The van der Waals surface area contributed by atoms with E-state index in [1.165, 1.54) is 23.5 Å². The molecule has 0 aliphatic heterocycles. The van der Waals surface area contributed by atoms with Gasteiger partial charge in [-0.05, 0) is 18.6 Å². The monoisotopic (exact) mass is 355 g/mol. The number of para-hydroxylation sites is 1. The lowest BCUT2D eigenvalue weighted by Gasteiger charge is -2.07. The van der Waals surface area contributed by atoms with Crippen LogP contribution in [0.5, 0.6) is 0 Å². The van der Waals surface area contributed by atoms with Crippen molar-refractivity contribution >= 4 is 22.7 Å². The zero-order valence-corrected chi connectivity index (χ0v) is 14.4. The molecule has 0 amide bonds. The molecule has 3 rings (SSSR count). The van der Waals surface area contributed by atoms with Crippen molar-refractivity contribution in [3.63, 3.8) is 0 Å². The molecule has 0 fully saturated rings. The summed E-state index contributed by atoms with van der Waals surface area (Å²) >= 11 is 1.44. The standard InChI is InChI=1S/C18H17N3O3S/c1-13-5-2-3-8-16(13)19-18-20(9-10-22)17(12-25-18)14-6-4-7-15(11-14)21(23)24/h2-8,11-12,22H,9-10H2,1H3. The van der Waals surface area contributed by atoms with E-state index in [-0.39, 0.29) is 12.3 Å². The lowest BCUT2D eigenvalue weighted by Crippen LogP contribution is -2.18. The Hall–Kier alpha value is -2.77. The summed E-state index contributed by atoms with van der Waals surface area (Å²) in [5.41, 5.74) is 3.49. The highest BCUT2D eigenvalue weighted by Crippen LogP contribution is 2.25. The number of hydrogen-bond donors (Lipinski definition) is 1. The summed E-state index contributed by atoms with van der Waals surface area (Å²) < 4.78 is 1.89. The molecule has 0 saturated carbocycles. The predicted octanol–water partition coefficient (Wildman–Crippen LogP) is 3.66. The number of hydrogen-bond acceptors (Lipinski definition) is 5. The molecule has 0 aliphatic carbocycles. The molecule has 1 aromatic heterocycles. The summed E-state index contributed by atoms with van der Waals surface area (Å²) in [6.07, 6.45) is 0. The van der Waals surface area contributed by atoms with Crippen LogP contribution in [0.1, 0.15) is 5.56 Å². The van der Waals surface area contributed by atoms with Gasteiger partial charge in [-0.25, -0.2) is 4.99 Å². The number of thiazole rings is 1. The Kier molecular flexibility index (Phi) is 5.06. The number of benzene rings is 2. The minimum Gasteiger partial charge on any atom is -0.395 e. The number of rotatable bonds is 5. The molecule has 1 heterocycles. The minimum atomic E-state index is -0.412. The predicted molar refractivity (Wildman–Crippen MR) is 97.9 cm³/mol. The molecule has 0 bridgehead atoms. The average molecular weight is 355 g/mol. The smallest absolute Gasteiger partial charge is 0.270 e. The molecule has 0 saturated heterocycles. The van der Waals surface area contributed by atoms with Gasteiger partial charge in [-0.3, -0.25) is 10.1 Å². The molecule has 0 radical (unpaired) electrons. The average Bonchev–Trinajstić information content (AvgIpc) is 3.00. The van der Waals surface area contributed by atoms with Crippen LogP contribution in [0.25, 0.3) is 11.3 Å². The SMILES string of the molecule is Cc1ccccc1N=c1scc(-c2cccc([N+](=O)[O-])c2)n1CCO. The van der Waals surface area contributed by atoms with Crippen molar-refractivity contribution in [3.05, 3.63) is 74.4 Å². The molecule has 7 heteroatoms. The first-order valence-corrected chi connectivity index (χ1v) is 8.62. The number of aryl methyl sites for hydroxylation is 1. The number of nitro benzene ring substituents is 1. The van der Waals surface area contributed by atoms with E-state index in [1.54, 1.807) is 6.07 Å². The molecule has 25 heavy (non-hydrogen) atoms. The van der Waals surface area contributed by atoms with Gasteiger partial charge in [0.15, 0.2) is 4.80 Å². The van der Waals surface area contributed by atoms with E-state index in [1.807, 2.05) is 47.2 Å². The molecule has 0 spiro atoms. The second-order valence-corrected chi connectivity index (χ2v) is 6.32. The highest BCUT2D eigenvalue weighted by atomic mass is 32.1. The van der Waals surface area contributed by atoms with Crippen LogP contribution in [0.3, 0.4) is 0 Å². The third-order valence-electron chi connectivity index (χ3n) is 3.81. The highest BCUT2D eigenvalue weighted by molar-refractivity contribution is 7.07. The van der Waals surface area contributed by atoms with Gasteiger partial charge in [0, 0.05) is 29.6 Å². The van der Waals surface area contributed by atoms with Crippen LogP contribution < -0.4 is 4.80 Å². The first-order chi connectivity index (χ1) is 12.1. The van der Waals surface area contributed by atoms with Crippen LogP contribution in [0.2, 0.25) is 0 Å². The molecule has 0 unspecified atom stereocenters. The number of aliphatic hydroxyl groups is 1. The zero-order valence-electron chi connectivity index (χ0n) is 13.6. The second-order valence-electron chi connectivity index (χ2n) is 5.48. The van der Waals surface area contributed by atoms with Crippen LogP contribution in [-0.4, -0.2) is 21.2 Å². The van der Waals surface area contributed by atoms with Crippen molar-refractivity contribution in [2.75, 3.05) is 6.61 Å². The minimum absolute atomic E-state index is 0.0386. The summed E-state index contributed by atoms with van der Waals surface area (Å²) in [5.74, 6) is 0. The van der Waals surface area contributed by atoms with Crippen molar-refractivity contribution in [2.24, 2.45) is 4.99 Å². The van der Waals surface area contributed by atoms with Crippen LogP contribution in [0, 0.1) is 17.0 Å². The van der Waals surface area contributed by atoms with Gasteiger partial charge in [0.1, 0.15) is 0 Å². The second kappa shape index (κ2) is 7.42. The zero-order chi connectivity index (χ0) is 17.8. The molecule has 1 N–H and O–H groups in total. The summed E-state index contributed by atoms with van der Waals surface area (Å²) in [6.45, 7) is 2.32. The molecular weight excluding hydrogens is 338 g/mol. The number of aromatic nitrogens is 1.